The summed E-state index contributed by atoms with van der Waals surface area (Å²) >= 11 is 2.08. The van der Waals surface area contributed by atoms with E-state index >= 15 is 0 Å². The molecule has 2 fully saturated rings. The number of anilines is 1. The van der Waals surface area contributed by atoms with Crippen LogP contribution in [0.1, 0.15) is 36.0 Å². The van der Waals surface area contributed by atoms with Crippen molar-refractivity contribution in [2.24, 2.45) is 5.92 Å². The summed E-state index contributed by atoms with van der Waals surface area (Å²) in [6, 6.07) is 0. The van der Waals surface area contributed by atoms with Gasteiger partial charge in [0.15, 0.2) is 5.78 Å². The summed E-state index contributed by atoms with van der Waals surface area (Å²) in [4.78, 5) is 22.8. The van der Waals surface area contributed by atoms with Gasteiger partial charge in [0.1, 0.15) is 0 Å². The number of nitrogens with zero attached hydrogens (tertiary/aromatic N) is 3. The Balaban J connectivity index is 1.73. The number of hydrogen-bond donors (Lipinski definition) is 0. The van der Waals surface area contributed by atoms with Crippen molar-refractivity contribution in [3.05, 3.63) is 18.0 Å². The average molecular weight is 277 g/mol. The summed E-state index contributed by atoms with van der Waals surface area (Å²) in [6.45, 7) is 0. The minimum Gasteiger partial charge on any atom is -0.347 e. The van der Waals surface area contributed by atoms with Crippen molar-refractivity contribution in [3.8, 4) is 0 Å². The molecular weight excluding hydrogens is 258 g/mol. The zero-order valence-electron chi connectivity index (χ0n) is 11.4. The van der Waals surface area contributed by atoms with Crippen molar-refractivity contribution >= 4 is 23.5 Å². The summed E-state index contributed by atoms with van der Waals surface area (Å²) in [5, 5.41) is 1.41. The Bertz CT molecular complexity index is 462. The summed E-state index contributed by atoms with van der Waals surface area (Å²) in [6.07, 6.45) is 8.00. The summed E-state index contributed by atoms with van der Waals surface area (Å²) in [5.41, 5.74) is 0.668. The number of ketones is 1. The van der Waals surface area contributed by atoms with E-state index in [0.717, 1.165) is 12.8 Å². The summed E-state index contributed by atoms with van der Waals surface area (Å²) in [5.74, 6) is 1.07. The van der Waals surface area contributed by atoms with E-state index in [1.807, 2.05) is 19.0 Å². The van der Waals surface area contributed by atoms with Crippen LogP contribution in [-0.4, -0.2) is 40.3 Å². The number of Topliss-reactive ketones (excluding diaryl/α,β-unsaturated/α-hetero) is 1. The van der Waals surface area contributed by atoms with Gasteiger partial charge in [0.25, 0.3) is 0 Å². The molecule has 19 heavy (non-hydrogen) atoms. The molecule has 1 aromatic heterocycles. The van der Waals surface area contributed by atoms with Gasteiger partial charge in [-0.2, -0.15) is 11.8 Å². The maximum atomic E-state index is 12.5. The van der Waals surface area contributed by atoms with Gasteiger partial charge in [-0.25, -0.2) is 9.97 Å². The lowest BCUT2D eigenvalue weighted by Gasteiger charge is -2.26. The molecule has 1 aromatic rings. The SMILES string of the molecule is CN(C)c1ncc(C(=O)C2CC3CCC(C2)S3)cn1. The quantitative estimate of drug-likeness (QED) is 0.794. The number of carbonyl (C=O) groups is 1. The van der Waals surface area contributed by atoms with E-state index in [1.165, 1.54) is 12.8 Å². The Morgan fingerprint density at radius 3 is 2.32 bits per heavy atom. The monoisotopic (exact) mass is 277 g/mol. The largest absolute Gasteiger partial charge is 0.347 e. The van der Waals surface area contributed by atoms with E-state index in [-0.39, 0.29) is 11.7 Å². The number of thioether (sulfide) groups is 1. The molecule has 2 saturated heterocycles. The molecule has 0 amide bonds. The van der Waals surface area contributed by atoms with E-state index in [1.54, 1.807) is 12.4 Å². The van der Waals surface area contributed by atoms with E-state index in [9.17, 15) is 4.79 Å². The first kappa shape index (κ1) is 12.9. The van der Waals surface area contributed by atoms with Gasteiger partial charge >= 0.3 is 0 Å². The topological polar surface area (TPSA) is 46.1 Å². The normalized spacial score (nSPS) is 29.3. The molecule has 3 rings (SSSR count). The number of aromatic nitrogens is 2. The molecule has 5 heteroatoms. The van der Waals surface area contributed by atoms with Crippen LogP contribution in [-0.2, 0) is 0 Å². The molecule has 0 N–H and O–H groups in total. The predicted molar refractivity (Wildman–Crippen MR) is 77.8 cm³/mol. The van der Waals surface area contributed by atoms with Gasteiger partial charge in [0.05, 0.1) is 5.56 Å². The van der Waals surface area contributed by atoms with Crippen LogP contribution in [0.15, 0.2) is 12.4 Å². The maximum Gasteiger partial charge on any atom is 0.224 e. The number of hydrogen-bond acceptors (Lipinski definition) is 5. The fourth-order valence-corrected chi connectivity index (χ4v) is 4.76. The number of fused-ring (bicyclic) bond motifs is 2. The molecular formula is C14H19N3OS. The zero-order chi connectivity index (χ0) is 13.4. The van der Waals surface area contributed by atoms with Gasteiger partial charge < -0.3 is 4.90 Å². The van der Waals surface area contributed by atoms with Crippen molar-refractivity contribution in [3.63, 3.8) is 0 Å². The highest BCUT2D eigenvalue weighted by molar-refractivity contribution is 8.00. The van der Waals surface area contributed by atoms with Crippen LogP contribution in [0.25, 0.3) is 0 Å². The lowest BCUT2D eigenvalue weighted by Crippen LogP contribution is -2.25. The van der Waals surface area contributed by atoms with E-state index in [0.29, 0.717) is 22.0 Å². The van der Waals surface area contributed by atoms with Crippen molar-refractivity contribution in [2.45, 2.75) is 36.2 Å². The molecule has 0 radical (unpaired) electrons. The van der Waals surface area contributed by atoms with Crippen LogP contribution in [0.3, 0.4) is 0 Å². The van der Waals surface area contributed by atoms with Crippen LogP contribution in [0.2, 0.25) is 0 Å². The Kier molecular flexibility index (Phi) is 3.48. The van der Waals surface area contributed by atoms with Gasteiger partial charge in [0, 0.05) is 42.9 Å². The second kappa shape index (κ2) is 5.12. The smallest absolute Gasteiger partial charge is 0.224 e. The molecule has 0 spiro atoms. The van der Waals surface area contributed by atoms with Crippen molar-refractivity contribution in [2.75, 3.05) is 19.0 Å². The third-order valence-corrected chi connectivity index (χ3v) is 5.61. The number of carbonyl (C=O) groups excluding carboxylic acids is 1. The first-order chi connectivity index (χ1) is 9.13. The minimum absolute atomic E-state index is 0.188. The lowest BCUT2D eigenvalue weighted by molar-refractivity contribution is 0.0906. The first-order valence-electron chi connectivity index (χ1n) is 6.82. The Hall–Kier alpha value is -1.10. The summed E-state index contributed by atoms with van der Waals surface area (Å²) in [7, 11) is 3.79. The fraction of sp³-hybridized carbons (Fsp3) is 0.643. The van der Waals surface area contributed by atoms with Crippen LogP contribution in [0.5, 0.6) is 0 Å². The highest BCUT2D eigenvalue weighted by Crippen LogP contribution is 2.46. The molecule has 0 aromatic carbocycles. The third kappa shape index (κ3) is 2.61. The van der Waals surface area contributed by atoms with E-state index in [4.69, 9.17) is 0 Å². The summed E-state index contributed by atoms with van der Waals surface area (Å²) < 4.78 is 0. The highest BCUT2D eigenvalue weighted by atomic mass is 32.2. The maximum absolute atomic E-state index is 12.5. The zero-order valence-corrected chi connectivity index (χ0v) is 12.2. The van der Waals surface area contributed by atoms with Crippen molar-refractivity contribution in [1.29, 1.82) is 0 Å². The molecule has 0 saturated carbocycles. The first-order valence-corrected chi connectivity index (χ1v) is 7.77. The standard InChI is InChI=1S/C14H19N3OS/c1-17(2)14-15-7-10(8-16-14)13(18)9-5-11-3-4-12(6-9)19-11/h7-9,11-12H,3-6H2,1-2H3. The van der Waals surface area contributed by atoms with Gasteiger partial charge in [-0.15, -0.1) is 0 Å². The van der Waals surface area contributed by atoms with E-state index < -0.39 is 0 Å². The molecule has 0 aliphatic carbocycles. The predicted octanol–water partition coefficient (Wildman–Crippen LogP) is 2.40. The fourth-order valence-electron chi connectivity index (χ4n) is 2.99. The molecule has 3 heterocycles. The van der Waals surface area contributed by atoms with Crippen LogP contribution >= 0.6 is 11.8 Å². The molecule has 2 atom stereocenters. The Labute approximate surface area is 118 Å². The average Bonchev–Trinajstić information content (AvgIpc) is 2.76. The van der Waals surface area contributed by atoms with Crippen LogP contribution in [0.4, 0.5) is 5.95 Å². The number of rotatable bonds is 3. The van der Waals surface area contributed by atoms with Gasteiger partial charge in [-0.1, -0.05) is 0 Å². The van der Waals surface area contributed by atoms with Gasteiger partial charge in [-0.05, 0) is 25.7 Å². The van der Waals surface area contributed by atoms with Crippen molar-refractivity contribution < 1.29 is 4.79 Å². The van der Waals surface area contributed by atoms with Crippen LogP contribution in [0, 0.1) is 5.92 Å². The Morgan fingerprint density at radius 2 is 1.79 bits per heavy atom. The second-order valence-corrected chi connectivity index (χ2v) is 7.26. The van der Waals surface area contributed by atoms with Gasteiger partial charge in [0.2, 0.25) is 5.95 Å². The molecule has 2 bridgehead atoms. The Morgan fingerprint density at radius 1 is 1.21 bits per heavy atom. The molecule has 2 unspecified atom stereocenters. The lowest BCUT2D eigenvalue weighted by atomic mass is 9.91. The van der Waals surface area contributed by atoms with Crippen LogP contribution < -0.4 is 4.90 Å². The van der Waals surface area contributed by atoms with E-state index in [2.05, 4.69) is 21.7 Å². The third-order valence-electron chi connectivity index (χ3n) is 3.98. The second-order valence-electron chi connectivity index (χ2n) is 5.66. The molecule has 2 aliphatic heterocycles. The minimum atomic E-state index is 0.188. The van der Waals surface area contributed by atoms with Gasteiger partial charge in [-0.3, -0.25) is 4.79 Å². The molecule has 4 nitrogen and oxygen atoms in total. The highest BCUT2D eigenvalue weighted by Gasteiger charge is 2.38. The van der Waals surface area contributed by atoms with Crippen molar-refractivity contribution in [1.82, 2.24) is 9.97 Å². The molecule has 102 valence electrons. The molecule has 2 aliphatic rings.